The second kappa shape index (κ2) is 13.8. The summed E-state index contributed by atoms with van der Waals surface area (Å²) in [4.78, 5) is 30.7. The Kier molecular flexibility index (Phi) is 9.19. The average Bonchev–Trinajstić information content (AvgIpc) is 3.49. The van der Waals surface area contributed by atoms with E-state index < -0.39 is 17.9 Å². The Morgan fingerprint density at radius 1 is 0.891 bits per heavy atom. The third-order valence-corrected chi connectivity index (χ3v) is 8.52. The van der Waals surface area contributed by atoms with Gasteiger partial charge in [0.15, 0.2) is 17.5 Å². The van der Waals surface area contributed by atoms with Crippen molar-refractivity contribution in [3.05, 3.63) is 108 Å². The van der Waals surface area contributed by atoms with Gasteiger partial charge in [0.25, 0.3) is 5.91 Å². The number of aromatic nitrogens is 2. The molecule has 1 atom stereocenters. The predicted octanol–water partition coefficient (Wildman–Crippen LogP) is 7.36. The van der Waals surface area contributed by atoms with Gasteiger partial charge in [0.05, 0.1) is 25.3 Å². The number of hydrogen-bond donors (Lipinski definition) is 2. The first-order valence-electron chi connectivity index (χ1n) is 15.5. The van der Waals surface area contributed by atoms with Gasteiger partial charge in [-0.25, -0.2) is 9.78 Å². The molecule has 0 spiro atoms. The summed E-state index contributed by atoms with van der Waals surface area (Å²) >= 11 is 0. The number of nitrogens with zero attached hydrogens (tertiary/aromatic N) is 2. The standard InChI is InChI=1S/C37H37N3O6/c1-44-32-20-16-26(22-33(32)45-2)34(37(42)43)39-36(41)27-15-19-31-30(21-27)38-35(40(31)28-11-7-4-8-12-28)25-13-17-29(18-14-25)46-23-24-9-5-3-6-10-24/h3,5-6,9-10,13-22,28,34H,4,7-8,11-12,23H2,1-2H3,(H,39,41)(H,42,43). The van der Waals surface area contributed by atoms with Gasteiger partial charge in [0, 0.05) is 17.2 Å². The predicted molar refractivity (Wildman–Crippen MR) is 175 cm³/mol. The van der Waals surface area contributed by atoms with Crippen LogP contribution in [0, 0.1) is 0 Å². The Hall–Kier alpha value is -5.31. The van der Waals surface area contributed by atoms with E-state index in [0.29, 0.717) is 40.8 Å². The number of carboxylic acids is 1. The van der Waals surface area contributed by atoms with E-state index in [1.807, 2.05) is 60.7 Å². The second-order valence-electron chi connectivity index (χ2n) is 11.5. The van der Waals surface area contributed by atoms with Crippen LogP contribution in [-0.4, -0.2) is 40.8 Å². The van der Waals surface area contributed by atoms with Gasteiger partial charge in [-0.15, -0.1) is 0 Å². The fraction of sp³-hybridized carbons (Fsp3) is 0.270. The molecule has 236 valence electrons. The van der Waals surface area contributed by atoms with Crippen molar-refractivity contribution < 1.29 is 28.9 Å². The van der Waals surface area contributed by atoms with E-state index in [4.69, 9.17) is 19.2 Å². The molecule has 1 aliphatic rings. The zero-order chi connectivity index (χ0) is 32.0. The molecule has 9 heteroatoms. The van der Waals surface area contributed by atoms with Crippen LogP contribution in [0.25, 0.3) is 22.4 Å². The highest BCUT2D eigenvalue weighted by Gasteiger charge is 2.26. The molecule has 9 nitrogen and oxygen atoms in total. The summed E-state index contributed by atoms with van der Waals surface area (Å²) in [6.45, 7) is 0.486. The fourth-order valence-corrected chi connectivity index (χ4v) is 6.13. The molecule has 1 aliphatic carbocycles. The molecule has 0 bridgehead atoms. The Labute approximate surface area is 267 Å². The maximum atomic E-state index is 13.4. The number of carbonyl (C=O) groups is 2. The number of aliphatic carboxylic acids is 1. The van der Waals surface area contributed by atoms with Crippen molar-refractivity contribution in [1.82, 2.24) is 14.9 Å². The number of carbonyl (C=O) groups excluding carboxylic acids is 1. The zero-order valence-electron chi connectivity index (χ0n) is 25.9. The maximum absolute atomic E-state index is 13.4. The van der Waals surface area contributed by atoms with E-state index in [2.05, 4.69) is 9.88 Å². The quantitative estimate of drug-likeness (QED) is 0.159. The van der Waals surface area contributed by atoms with Gasteiger partial charge in [-0.2, -0.15) is 0 Å². The van der Waals surface area contributed by atoms with Crippen LogP contribution in [-0.2, 0) is 11.4 Å². The van der Waals surface area contributed by atoms with Gasteiger partial charge in [-0.1, -0.05) is 55.7 Å². The molecular formula is C37H37N3O6. The van der Waals surface area contributed by atoms with Crippen molar-refractivity contribution in [2.45, 2.75) is 50.8 Å². The Balaban J connectivity index is 1.29. The summed E-state index contributed by atoms with van der Waals surface area (Å²) in [5.74, 6) is 0.737. The van der Waals surface area contributed by atoms with Crippen LogP contribution in [0.4, 0.5) is 0 Å². The minimum atomic E-state index is -1.29. The molecule has 5 aromatic rings. The molecule has 1 fully saturated rings. The summed E-state index contributed by atoms with van der Waals surface area (Å²) in [5, 5.41) is 12.7. The highest BCUT2D eigenvalue weighted by Crippen LogP contribution is 2.37. The summed E-state index contributed by atoms with van der Waals surface area (Å²) in [6, 6.07) is 27.2. The number of methoxy groups -OCH3 is 2. The minimum absolute atomic E-state index is 0.295. The maximum Gasteiger partial charge on any atom is 0.330 e. The van der Waals surface area contributed by atoms with Gasteiger partial charge in [-0.05, 0) is 78.6 Å². The number of fused-ring (bicyclic) bond motifs is 1. The van der Waals surface area contributed by atoms with Crippen molar-refractivity contribution in [1.29, 1.82) is 0 Å². The molecule has 4 aromatic carbocycles. The van der Waals surface area contributed by atoms with Gasteiger partial charge >= 0.3 is 5.97 Å². The van der Waals surface area contributed by atoms with Crippen molar-refractivity contribution in [2.24, 2.45) is 0 Å². The largest absolute Gasteiger partial charge is 0.493 e. The van der Waals surface area contributed by atoms with E-state index >= 15 is 0 Å². The lowest BCUT2D eigenvalue weighted by molar-refractivity contribution is -0.139. The number of imidazole rings is 1. The number of hydrogen-bond acceptors (Lipinski definition) is 6. The van der Waals surface area contributed by atoms with Gasteiger partial charge < -0.3 is 29.2 Å². The number of carboxylic acid groups (broad SMARTS) is 1. The molecule has 0 saturated heterocycles. The van der Waals surface area contributed by atoms with Gasteiger partial charge in [-0.3, -0.25) is 4.79 Å². The molecule has 2 N–H and O–H groups in total. The van der Waals surface area contributed by atoms with E-state index in [9.17, 15) is 14.7 Å². The fourth-order valence-electron chi connectivity index (χ4n) is 6.13. The third kappa shape index (κ3) is 6.54. The first-order chi connectivity index (χ1) is 22.4. The topological polar surface area (TPSA) is 112 Å². The van der Waals surface area contributed by atoms with Crippen LogP contribution < -0.4 is 19.5 Å². The normalized spacial score (nSPS) is 14.0. The first-order valence-corrected chi connectivity index (χ1v) is 15.5. The summed E-state index contributed by atoms with van der Waals surface area (Å²) in [6.07, 6.45) is 5.66. The molecule has 0 radical (unpaired) electrons. The molecule has 1 aromatic heterocycles. The average molecular weight is 620 g/mol. The smallest absolute Gasteiger partial charge is 0.330 e. The van der Waals surface area contributed by atoms with Crippen LogP contribution in [0.3, 0.4) is 0 Å². The minimum Gasteiger partial charge on any atom is -0.493 e. The van der Waals surface area contributed by atoms with E-state index in [1.54, 1.807) is 30.3 Å². The lowest BCUT2D eigenvalue weighted by Gasteiger charge is -2.25. The number of amides is 1. The molecule has 1 saturated carbocycles. The molecule has 0 aliphatic heterocycles. The van der Waals surface area contributed by atoms with Gasteiger partial charge in [0.2, 0.25) is 0 Å². The zero-order valence-corrected chi connectivity index (χ0v) is 25.9. The van der Waals surface area contributed by atoms with Crippen LogP contribution in [0.5, 0.6) is 17.2 Å². The summed E-state index contributed by atoms with van der Waals surface area (Å²) in [7, 11) is 2.97. The summed E-state index contributed by atoms with van der Waals surface area (Å²) < 4.78 is 18.9. The van der Waals surface area contributed by atoms with Crippen LogP contribution in [0.15, 0.2) is 91.0 Å². The monoisotopic (exact) mass is 619 g/mol. The van der Waals surface area contributed by atoms with Crippen molar-refractivity contribution in [2.75, 3.05) is 14.2 Å². The van der Waals surface area contributed by atoms with E-state index in [1.165, 1.54) is 20.6 Å². The van der Waals surface area contributed by atoms with Crippen LogP contribution >= 0.6 is 0 Å². The van der Waals surface area contributed by atoms with Crippen molar-refractivity contribution >= 4 is 22.9 Å². The van der Waals surface area contributed by atoms with Crippen LogP contribution in [0.1, 0.15) is 65.7 Å². The molecule has 6 rings (SSSR count). The number of nitrogens with one attached hydrogen (secondary N) is 1. The second-order valence-corrected chi connectivity index (χ2v) is 11.5. The third-order valence-electron chi connectivity index (χ3n) is 8.52. The first kappa shape index (κ1) is 30.7. The Bertz CT molecular complexity index is 1830. The Morgan fingerprint density at radius 2 is 1.63 bits per heavy atom. The molecule has 1 heterocycles. The lowest BCUT2D eigenvalue weighted by Crippen LogP contribution is -2.33. The van der Waals surface area contributed by atoms with Crippen molar-refractivity contribution in [3.63, 3.8) is 0 Å². The molecule has 1 unspecified atom stereocenters. The summed E-state index contributed by atoms with van der Waals surface area (Å²) in [5.41, 5.74) is 4.36. The molecular weight excluding hydrogens is 582 g/mol. The number of benzene rings is 4. The number of rotatable bonds is 11. The van der Waals surface area contributed by atoms with Crippen molar-refractivity contribution in [3.8, 4) is 28.6 Å². The lowest BCUT2D eigenvalue weighted by atomic mass is 9.94. The highest BCUT2D eigenvalue weighted by molar-refractivity contribution is 5.99. The molecule has 46 heavy (non-hydrogen) atoms. The van der Waals surface area contributed by atoms with Crippen LogP contribution in [0.2, 0.25) is 0 Å². The molecule has 1 amide bonds. The SMILES string of the molecule is COc1ccc(C(NC(=O)c2ccc3c(c2)nc(-c2ccc(OCc4ccccc4)cc2)n3C2CCCCC2)C(=O)O)cc1OC. The van der Waals surface area contributed by atoms with E-state index in [-0.39, 0.29) is 0 Å². The van der Waals surface area contributed by atoms with Gasteiger partial charge in [0.1, 0.15) is 18.2 Å². The number of ether oxygens (including phenoxy) is 3. The Morgan fingerprint density at radius 3 is 2.33 bits per heavy atom. The van der Waals surface area contributed by atoms with E-state index in [0.717, 1.165) is 53.9 Å². The highest BCUT2D eigenvalue weighted by atomic mass is 16.5.